The summed E-state index contributed by atoms with van der Waals surface area (Å²) in [7, 11) is 0. The van der Waals surface area contributed by atoms with Crippen molar-refractivity contribution in [2.45, 2.75) is 6.61 Å². The molecular formula is C19H15ClN2O3S. The topological polar surface area (TPSA) is 74.5 Å². The van der Waals surface area contributed by atoms with Crippen LogP contribution in [0.25, 0.3) is 11.3 Å². The Balaban J connectivity index is 1.72. The minimum absolute atomic E-state index is 0.169. The largest absolute Gasteiger partial charge is 0.459 e. The van der Waals surface area contributed by atoms with Gasteiger partial charge in [-0.3, -0.25) is 10.1 Å². The molecule has 0 aliphatic heterocycles. The normalized spacial score (nSPS) is 10.4. The first-order valence-electron chi connectivity index (χ1n) is 7.73. The lowest BCUT2D eigenvalue weighted by Gasteiger charge is -2.11. The van der Waals surface area contributed by atoms with E-state index in [-0.39, 0.29) is 17.6 Å². The van der Waals surface area contributed by atoms with Crippen molar-refractivity contribution in [2.75, 3.05) is 5.32 Å². The van der Waals surface area contributed by atoms with Crippen LogP contribution in [-0.4, -0.2) is 16.1 Å². The van der Waals surface area contributed by atoms with E-state index in [4.69, 9.17) is 33.3 Å². The number of halogens is 1. The molecule has 0 atom stereocenters. The molecule has 0 saturated carbocycles. The molecule has 0 saturated heterocycles. The monoisotopic (exact) mass is 386 g/mol. The van der Waals surface area contributed by atoms with Crippen LogP contribution in [0.5, 0.6) is 0 Å². The van der Waals surface area contributed by atoms with E-state index in [0.29, 0.717) is 33.4 Å². The Morgan fingerprint density at radius 2 is 1.88 bits per heavy atom. The molecule has 0 fully saturated rings. The molecule has 0 aliphatic rings. The van der Waals surface area contributed by atoms with E-state index < -0.39 is 0 Å². The van der Waals surface area contributed by atoms with Crippen LogP contribution in [0, 0.1) is 0 Å². The fraction of sp³-hybridized carbons (Fsp3) is 0.0526. The van der Waals surface area contributed by atoms with Crippen molar-refractivity contribution < 1.29 is 14.3 Å². The van der Waals surface area contributed by atoms with Crippen LogP contribution in [0.15, 0.2) is 65.1 Å². The molecule has 3 N–H and O–H groups in total. The molecule has 7 heteroatoms. The Hall–Kier alpha value is -2.67. The molecule has 2 aromatic carbocycles. The van der Waals surface area contributed by atoms with Gasteiger partial charge >= 0.3 is 0 Å². The second kappa shape index (κ2) is 8.14. The van der Waals surface area contributed by atoms with Gasteiger partial charge in [-0.15, -0.1) is 0 Å². The first-order chi connectivity index (χ1) is 12.6. The third kappa shape index (κ3) is 4.29. The number of aliphatic hydroxyl groups is 1. The summed E-state index contributed by atoms with van der Waals surface area (Å²) in [6, 6.07) is 17.4. The van der Waals surface area contributed by atoms with Crippen LogP contribution in [-0.2, 0) is 6.61 Å². The van der Waals surface area contributed by atoms with E-state index in [1.807, 2.05) is 6.07 Å². The van der Waals surface area contributed by atoms with Crippen LogP contribution in [0.2, 0.25) is 5.02 Å². The molecule has 1 amide bonds. The van der Waals surface area contributed by atoms with Crippen molar-refractivity contribution in [3.63, 3.8) is 0 Å². The summed E-state index contributed by atoms with van der Waals surface area (Å²) in [5, 5.41) is 15.4. The van der Waals surface area contributed by atoms with Gasteiger partial charge in [0.15, 0.2) is 5.11 Å². The lowest BCUT2D eigenvalue weighted by atomic mass is 10.1. The number of furan rings is 1. The van der Waals surface area contributed by atoms with E-state index in [9.17, 15) is 4.79 Å². The fourth-order valence-electron chi connectivity index (χ4n) is 2.33. The summed E-state index contributed by atoms with van der Waals surface area (Å²) in [5.74, 6) is 0.679. The van der Waals surface area contributed by atoms with Gasteiger partial charge in [0.25, 0.3) is 5.91 Å². The summed E-state index contributed by atoms with van der Waals surface area (Å²) in [6.07, 6.45) is 0. The molecule has 26 heavy (non-hydrogen) atoms. The van der Waals surface area contributed by atoms with Gasteiger partial charge < -0.3 is 14.8 Å². The van der Waals surface area contributed by atoms with Gasteiger partial charge in [0.1, 0.15) is 18.1 Å². The van der Waals surface area contributed by atoms with Crippen LogP contribution >= 0.6 is 23.8 Å². The lowest BCUT2D eigenvalue weighted by Crippen LogP contribution is -2.34. The number of hydrogen-bond donors (Lipinski definition) is 3. The smallest absolute Gasteiger partial charge is 0.257 e. The highest BCUT2D eigenvalue weighted by Crippen LogP contribution is 2.32. The molecule has 0 spiro atoms. The highest BCUT2D eigenvalue weighted by molar-refractivity contribution is 7.80. The van der Waals surface area contributed by atoms with Gasteiger partial charge in [0.05, 0.1) is 5.02 Å². The minimum Gasteiger partial charge on any atom is -0.459 e. The van der Waals surface area contributed by atoms with Crippen molar-refractivity contribution >= 4 is 40.5 Å². The van der Waals surface area contributed by atoms with Crippen molar-refractivity contribution in [1.29, 1.82) is 0 Å². The zero-order valence-corrected chi connectivity index (χ0v) is 15.1. The van der Waals surface area contributed by atoms with Crippen molar-refractivity contribution in [2.24, 2.45) is 0 Å². The number of amides is 1. The van der Waals surface area contributed by atoms with Crippen LogP contribution < -0.4 is 10.6 Å². The van der Waals surface area contributed by atoms with Gasteiger partial charge in [-0.2, -0.15) is 0 Å². The number of hydrogen-bond acceptors (Lipinski definition) is 4. The number of benzene rings is 2. The molecular weight excluding hydrogens is 372 g/mol. The van der Waals surface area contributed by atoms with E-state index in [1.165, 1.54) is 0 Å². The maximum atomic E-state index is 12.1. The SMILES string of the molecule is O=C(NC(=S)Nc1ccc(Cl)c(-c2ccc(CO)o2)c1)c1ccccc1. The molecule has 1 heterocycles. The summed E-state index contributed by atoms with van der Waals surface area (Å²) in [6.45, 7) is -0.189. The van der Waals surface area contributed by atoms with Gasteiger partial charge in [-0.05, 0) is 54.7 Å². The van der Waals surface area contributed by atoms with Gasteiger partial charge in [0, 0.05) is 16.8 Å². The Kier molecular flexibility index (Phi) is 5.68. The van der Waals surface area contributed by atoms with Gasteiger partial charge in [0.2, 0.25) is 0 Å². The quantitative estimate of drug-likeness (QED) is 0.585. The van der Waals surface area contributed by atoms with E-state index in [1.54, 1.807) is 54.6 Å². The Morgan fingerprint density at radius 1 is 1.12 bits per heavy atom. The zero-order chi connectivity index (χ0) is 18.5. The number of nitrogens with one attached hydrogen (secondary N) is 2. The summed E-state index contributed by atoms with van der Waals surface area (Å²) < 4.78 is 5.52. The highest BCUT2D eigenvalue weighted by atomic mass is 35.5. The maximum Gasteiger partial charge on any atom is 0.257 e. The molecule has 0 unspecified atom stereocenters. The van der Waals surface area contributed by atoms with E-state index in [2.05, 4.69) is 10.6 Å². The minimum atomic E-state index is -0.295. The van der Waals surface area contributed by atoms with Crippen molar-refractivity contribution in [1.82, 2.24) is 5.32 Å². The number of carbonyl (C=O) groups excluding carboxylic acids is 1. The average molecular weight is 387 g/mol. The van der Waals surface area contributed by atoms with Gasteiger partial charge in [-0.1, -0.05) is 29.8 Å². The second-order valence-electron chi connectivity index (χ2n) is 5.39. The molecule has 1 aromatic heterocycles. The second-order valence-corrected chi connectivity index (χ2v) is 6.21. The fourth-order valence-corrected chi connectivity index (χ4v) is 2.75. The Bertz CT molecular complexity index is 941. The number of carbonyl (C=O) groups is 1. The van der Waals surface area contributed by atoms with Crippen molar-refractivity contribution in [3.8, 4) is 11.3 Å². The van der Waals surface area contributed by atoms with Crippen LogP contribution in [0.1, 0.15) is 16.1 Å². The predicted octanol–water partition coefficient (Wildman–Crippen LogP) is 4.22. The number of thiocarbonyl (C=S) groups is 1. The number of anilines is 1. The van der Waals surface area contributed by atoms with E-state index in [0.717, 1.165) is 0 Å². The molecule has 0 radical (unpaired) electrons. The molecule has 0 bridgehead atoms. The molecule has 5 nitrogen and oxygen atoms in total. The van der Waals surface area contributed by atoms with Gasteiger partial charge in [-0.25, -0.2) is 0 Å². The third-order valence-corrected chi connectivity index (χ3v) is 4.10. The molecule has 3 aromatic rings. The number of aliphatic hydroxyl groups excluding tert-OH is 1. The first-order valence-corrected chi connectivity index (χ1v) is 8.52. The highest BCUT2D eigenvalue weighted by Gasteiger charge is 2.11. The summed E-state index contributed by atoms with van der Waals surface area (Å²) in [4.78, 5) is 12.1. The molecule has 132 valence electrons. The lowest BCUT2D eigenvalue weighted by molar-refractivity contribution is 0.0977. The van der Waals surface area contributed by atoms with Crippen LogP contribution in [0.3, 0.4) is 0 Å². The molecule has 3 rings (SSSR count). The van der Waals surface area contributed by atoms with Crippen LogP contribution in [0.4, 0.5) is 5.69 Å². The number of rotatable bonds is 4. The summed E-state index contributed by atoms with van der Waals surface area (Å²) >= 11 is 11.4. The average Bonchev–Trinajstić information content (AvgIpc) is 3.13. The molecule has 0 aliphatic carbocycles. The maximum absolute atomic E-state index is 12.1. The van der Waals surface area contributed by atoms with E-state index >= 15 is 0 Å². The first kappa shape index (κ1) is 18.1. The zero-order valence-electron chi connectivity index (χ0n) is 13.5. The third-order valence-electron chi connectivity index (χ3n) is 3.57. The Morgan fingerprint density at radius 3 is 2.58 bits per heavy atom. The Labute approximate surface area is 160 Å². The predicted molar refractivity (Wildman–Crippen MR) is 105 cm³/mol. The summed E-state index contributed by atoms with van der Waals surface area (Å²) in [5.41, 5.74) is 1.80. The standard InChI is InChI=1S/C19H15ClN2O3S/c20-16-8-6-13(10-15(16)17-9-7-14(11-23)25-17)21-19(26)22-18(24)12-4-2-1-3-5-12/h1-10,23H,11H2,(H2,21,22,24,26). The van der Waals surface area contributed by atoms with Crippen molar-refractivity contribution in [3.05, 3.63) is 77.0 Å².